The molecule has 1 aliphatic heterocycles. The summed E-state index contributed by atoms with van der Waals surface area (Å²) in [6.07, 6.45) is 2.86. The van der Waals surface area contributed by atoms with E-state index in [1.165, 1.54) is 10.9 Å². The third-order valence-corrected chi connectivity index (χ3v) is 6.13. The van der Waals surface area contributed by atoms with Crippen molar-refractivity contribution in [2.75, 3.05) is 31.9 Å². The zero-order valence-electron chi connectivity index (χ0n) is 15.4. The zero-order chi connectivity index (χ0) is 19.2. The number of nitrogens with one attached hydrogen (secondary N) is 2. The van der Waals surface area contributed by atoms with Gasteiger partial charge in [-0.1, -0.05) is 6.92 Å². The molecule has 0 spiro atoms. The number of aromatic amines is 1. The first-order chi connectivity index (χ1) is 12.1. The Labute approximate surface area is 151 Å². The van der Waals surface area contributed by atoms with Crippen LogP contribution in [0.25, 0.3) is 11.2 Å². The molecule has 2 aromatic heterocycles. The minimum Gasteiger partial charge on any atom is -0.388 e. The summed E-state index contributed by atoms with van der Waals surface area (Å²) in [7, 11) is 1.64. The number of ether oxygens (including phenoxy) is 1. The van der Waals surface area contributed by atoms with Gasteiger partial charge in [-0.05, 0) is 25.4 Å². The Bertz CT molecular complexity index is 904. The summed E-state index contributed by atoms with van der Waals surface area (Å²) in [5.74, 6) is 0.315. The van der Waals surface area contributed by atoms with Crippen LogP contribution >= 0.6 is 6.89 Å². The van der Waals surface area contributed by atoms with Gasteiger partial charge in [-0.15, -0.1) is 13.2 Å². The van der Waals surface area contributed by atoms with Gasteiger partial charge in [-0.2, -0.15) is 4.98 Å². The minimum absolute atomic E-state index is 0.0319. The fourth-order valence-electron chi connectivity index (χ4n) is 3.50. The molecule has 1 saturated heterocycles. The number of aliphatic hydroxyl groups is 2. The van der Waals surface area contributed by atoms with Gasteiger partial charge in [0.1, 0.15) is 12.2 Å². The molecule has 26 heavy (non-hydrogen) atoms. The molecular formula is C16H26N5O4P. The van der Waals surface area contributed by atoms with Crippen molar-refractivity contribution in [2.24, 2.45) is 5.92 Å². The number of H-pyrrole nitrogens is 1. The van der Waals surface area contributed by atoms with Crippen LogP contribution < -0.4 is 10.9 Å². The molecule has 0 amide bonds. The first-order valence-electron chi connectivity index (χ1n) is 8.46. The summed E-state index contributed by atoms with van der Waals surface area (Å²) in [5.41, 5.74) is 0.0444. The number of rotatable bonds is 5. The Morgan fingerprint density at radius 2 is 2.15 bits per heavy atom. The van der Waals surface area contributed by atoms with Crippen LogP contribution in [0.5, 0.6) is 0 Å². The maximum absolute atomic E-state index is 12.1. The summed E-state index contributed by atoms with van der Waals surface area (Å²) in [6, 6.07) is 0. The van der Waals surface area contributed by atoms with Crippen LogP contribution in [0, 0.1) is 5.92 Å². The van der Waals surface area contributed by atoms with Crippen molar-refractivity contribution in [3.05, 3.63) is 16.7 Å². The van der Waals surface area contributed by atoms with E-state index in [2.05, 4.69) is 39.9 Å². The molecule has 10 heteroatoms. The maximum atomic E-state index is 12.1. The predicted octanol–water partition coefficient (Wildman–Crippen LogP) is 0.126. The van der Waals surface area contributed by atoms with E-state index in [1.54, 1.807) is 7.05 Å². The van der Waals surface area contributed by atoms with Gasteiger partial charge in [0.15, 0.2) is 17.4 Å². The molecule has 4 N–H and O–H groups in total. The molecule has 3 heterocycles. The van der Waals surface area contributed by atoms with Gasteiger partial charge in [-0.3, -0.25) is 14.3 Å². The Kier molecular flexibility index (Phi) is 5.00. The van der Waals surface area contributed by atoms with Gasteiger partial charge < -0.3 is 20.3 Å². The number of anilines is 1. The molecule has 0 aromatic carbocycles. The number of hydrogen-bond donors (Lipinski definition) is 4. The maximum Gasteiger partial charge on any atom is 0.280 e. The largest absolute Gasteiger partial charge is 0.388 e. The average molecular weight is 383 g/mol. The Hall–Kier alpha value is -1.67. The summed E-state index contributed by atoms with van der Waals surface area (Å²) in [5, 5.41) is 23.8. The van der Waals surface area contributed by atoms with Crippen molar-refractivity contribution in [3.63, 3.8) is 0 Å². The summed E-state index contributed by atoms with van der Waals surface area (Å²) < 4.78 is 7.50. The van der Waals surface area contributed by atoms with E-state index >= 15 is 0 Å². The lowest BCUT2D eigenvalue weighted by Gasteiger charge is -2.26. The lowest BCUT2D eigenvalue weighted by molar-refractivity contribution is -0.0487. The molecule has 2 aromatic rings. The third kappa shape index (κ3) is 3.44. The molecule has 1 fully saturated rings. The van der Waals surface area contributed by atoms with Crippen molar-refractivity contribution in [1.29, 1.82) is 0 Å². The van der Waals surface area contributed by atoms with Gasteiger partial charge in [0.25, 0.3) is 5.56 Å². The summed E-state index contributed by atoms with van der Waals surface area (Å²) >= 11 is 0. The van der Waals surface area contributed by atoms with Gasteiger partial charge in [0, 0.05) is 7.05 Å². The van der Waals surface area contributed by atoms with Crippen molar-refractivity contribution >= 4 is 30.3 Å². The van der Waals surface area contributed by atoms with Gasteiger partial charge in [0.2, 0.25) is 5.95 Å². The van der Waals surface area contributed by atoms with Gasteiger partial charge >= 0.3 is 0 Å². The lowest BCUT2D eigenvalue weighted by atomic mass is 10.0. The first kappa shape index (κ1) is 19.1. The van der Waals surface area contributed by atoms with Crippen LogP contribution in [0.3, 0.4) is 0 Å². The first-order valence-corrected chi connectivity index (χ1v) is 11.5. The molecule has 0 aliphatic carbocycles. The van der Waals surface area contributed by atoms with Gasteiger partial charge in [-0.25, -0.2) is 4.98 Å². The molecule has 0 radical (unpaired) electrons. The quantitative estimate of drug-likeness (QED) is 0.541. The zero-order valence-corrected chi connectivity index (χ0v) is 16.3. The SMILES string of the molecule is C=P(C)(C)CC(C)[C@H]1O[C@@H](n2cnc3c(=O)[nH]c(NC)nc32)[C@H](O)[C@@H]1O. The molecule has 3 rings (SSSR count). The van der Waals surface area contributed by atoms with Crippen molar-refractivity contribution in [2.45, 2.75) is 31.5 Å². The van der Waals surface area contributed by atoms with E-state index in [4.69, 9.17) is 4.74 Å². The third-order valence-electron chi connectivity index (χ3n) is 4.56. The van der Waals surface area contributed by atoms with Crippen molar-refractivity contribution in [1.82, 2.24) is 19.5 Å². The second-order valence-electron chi connectivity index (χ2n) is 7.56. The standard InChI is InChI=1S/C16H26N5O4P/c1-8(6-26(3,4)5)12-10(22)11(23)15(25-12)21-7-18-9-13(21)19-16(17-2)20-14(9)24/h7-8,10-12,15,22-23H,3,6H2,1-2,4-5H3,(H2,17,19,20,24)/t8?,10-,11+,12+,15+/m0/s1. The molecule has 1 aliphatic rings. The van der Waals surface area contributed by atoms with Crippen LogP contribution in [0.4, 0.5) is 5.95 Å². The van der Waals surface area contributed by atoms with Crippen LogP contribution in [0.2, 0.25) is 0 Å². The molecule has 0 bridgehead atoms. The highest BCUT2D eigenvalue weighted by atomic mass is 31.2. The number of aromatic nitrogens is 4. The molecule has 9 nitrogen and oxygen atoms in total. The highest BCUT2D eigenvalue weighted by Gasteiger charge is 2.46. The summed E-state index contributed by atoms with van der Waals surface area (Å²) in [4.78, 5) is 23.0. The van der Waals surface area contributed by atoms with E-state index in [1.807, 2.05) is 6.92 Å². The minimum atomic E-state index is -1.31. The van der Waals surface area contributed by atoms with E-state index in [9.17, 15) is 15.0 Å². The van der Waals surface area contributed by atoms with Gasteiger partial charge in [0.05, 0.1) is 12.4 Å². The fraction of sp³-hybridized carbons (Fsp3) is 0.625. The second-order valence-corrected chi connectivity index (χ2v) is 11.8. The number of nitrogens with zero attached hydrogens (tertiary/aromatic N) is 3. The normalized spacial score (nSPS) is 27.8. The summed E-state index contributed by atoms with van der Waals surface area (Å²) in [6.45, 7) is 4.92. The number of imidazole rings is 1. The van der Waals surface area contributed by atoms with Crippen LogP contribution in [-0.2, 0) is 4.74 Å². The van der Waals surface area contributed by atoms with E-state index < -0.39 is 31.4 Å². The number of aliphatic hydroxyl groups excluding tert-OH is 2. The van der Waals surface area contributed by atoms with Crippen molar-refractivity contribution < 1.29 is 14.9 Å². The smallest absolute Gasteiger partial charge is 0.280 e. The van der Waals surface area contributed by atoms with Crippen molar-refractivity contribution in [3.8, 4) is 0 Å². The molecule has 1 unspecified atom stereocenters. The molecule has 5 atom stereocenters. The molecule has 0 saturated carbocycles. The van der Waals surface area contributed by atoms with Crippen LogP contribution in [0.1, 0.15) is 13.2 Å². The van der Waals surface area contributed by atoms with E-state index in [0.717, 1.165) is 6.16 Å². The average Bonchev–Trinajstić information content (AvgIpc) is 3.08. The number of hydrogen-bond acceptors (Lipinski definition) is 7. The second kappa shape index (κ2) is 6.81. The number of fused-ring (bicyclic) bond motifs is 1. The predicted molar refractivity (Wildman–Crippen MR) is 104 cm³/mol. The Balaban J connectivity index is 1.95. The Morgan fingerprint density at radius 1 is 1.46 bits per heavy atom. The highest BCUT2D eigenvalue weighted by Crippen LogP contribution is 2.42. The van der Waals surface area contributed by atoms with E-state index in [0.29, 0.717) is 0 Å². The highest BCUT2D eigenvalue weighted by molar-refractivity contribution is 7.72. The monoisotopic (exact) mass is 383 g/mol. The molecule has 144 valence electrons. The lowest BCUT2D eigenvalue weighted by Crippen LogP contribution is -2.36. The Morgan fingerprint density at radius 3 is 2.77 bits per heavy atom. The van der Waals surface area contributed by atoms with Crippen LogP contribution in [-0.4, -0.2) is 80.9 Å². The fourth-order valence-corrected chi connectivity index (χ4v) is 5.27. The topological polar surface area (TPSA) is 125 Å². The van der Waals surface area contributed by atoms with E-state index in [-0.39, 0.29) is 28.6 Å². The van der Waals surface area contributed by atoms with Crippen LogP contribution in [0.15, 0.2) is 11.1 Å². The molecular weight excluding hydrogens is 357 g/mol.